The van der Waals surface area contributed by atoms with Crippen LogP contribution >= 0.6 is 0 Å². The van der Waals surface area contributed by atoms with Gasteiger partial charge < -0.3 is 14.4 Å². The number of esters is 1. The van der Waals surface area contributed by atoms with Gasteiger partial charge in [-0.1, -0.05) is 48.5 Å². The molecule has 0 amide bonds. The number of nitrogens with zero attached hydrogens (tertiary/aromatic N) is 2. The van der Waals surface area contributed by atoms with Crippen molar-refractivity contribution in [2.75, 3.05) is 57.4 Å². The molecule has 0 atom stereocenters. The molecule has 5 heteroatoms. The Labute approximate surface area is 196 Å². The summed E-state index contributed by atoms with van der Waals surface area (Å²) in [6, 6.07) is 22.9. The zero-order chi connectivity index (χ0) is 22.9. The Kier molecular flexibility index (Phi) is 8.34. The highest BCUT2D eigenvalue weighted by molar-refractivity contribution is 5.94. The van der Waals surface area contributed by atoms with Crippen LogP contribution in [0.2, 0.25) is 0 Å². The van der Waals surface area contributed by atoms with Crippen LogP contribution in [-0.2, 0) is 15.9 Å². The maximum atomic E-state index is 12.3. The first-order valence-corrected chi connectivity index (χ1v) is 12.0. The van der Waals surface area contributed by atoms with E-state index in [-0.39, 0.29) is 5.97 Å². The Balaban J connectivity index is 1.25. The van der Waals surface area contributed by atoms with Crippen molar-refractivity contribution in [3.05, 3.63) is 77.9 Å². The highest BCUT2D eigenvalue weighted by Crippen LogP contribution is 2.26. The quantitative estimate of drug-likeness (QED) is 0.419. The Morgan fingerprint density at radius 3 is 2.55 bits per heavy atom. The van der Waals surface area contributed by atoms with Crippen molar-refractivity contribution in [2.24, 2.45) is 0 Å². The van der Waals surface area contributed by atoms with Gasteiger partial charge in [-0.3, -0.25) is 4.90 Å². The number of hydrogen-bond donors (Lipinski definition) is 0. The summed E-state index contributed by atoms with van der Waals surface area (Å²) in [5, 5.41) is 2.58. The minimum absolute atomic E-state index is 0.247. The maximum Gasteiger partial charge on any atom is 0.338 e. The van der Waals surface area contributed by atoms with Crippen LogP contribution in [0.25, 0.3) is 10.8 Å². The number of hydrogen-bond acceptors (Lipinski definition) is 5. The third-order valence-electron chi connectivity index (χ3n) is 6.32. The van der Waals surface area contributed by atoms with Crippen LogP contribution < -0.4 is 4.90 Å². The fourth-order valence-electron chi connectivity index (χ4n) is 4.39. The zero-order valence-electron chi connectivity index (χ0n) is 19.5. The molecule has 0 saturated carbocycles. The predicted molar refractivity (Wildman–Crippen MR) is 134 cm³/mol. The van der Waals surface area contributed by atoms with Crippen molar-refractivity contribution in [3.8, 4) is 0 Å². The maximum absolute atomic E-state index is 12.3. The Hall–Kier alpha value is -2.89. The third-order valence-corrected chi connectivity index (χ3v) is 6.32. The summed E-state index contributed by atoms with van der Waals surface area (Å²) in [6.07, 6.45) is 2.04. The number of ether oxygens (including phenoxy) is 2. The van der Waals surface area contributed by atoms with Crippen molar-refractivity contribution < 1.29 is 14.3 Å². The molecule has 5 nitrogen and oxygen atoms in total. The molecule has 1 aliphatic rings. The lowest BCUT2D eigenvalue weighted by Gasteiger charge is -2.26. The lowest BCUT2D eigenvalue weighted by Crippen LogP contribution is -2.38. The third kappa shape index (κ3) is 6.34. The lowest BCUT2D eigenvalue weighted by atomic mass is 10.1. The van der Waals surface area contributed by atoms with Crippen LogP contribution in [0.5, 0.6) is 0 Å². The molecule has 4 rings (SSSR count). The van der Waals surface area contributed by atoms with E-state index in [1.807, 2.05) is 24.3 Å². The number of morpholine rings is 1. The van der Waals surface area contributed by atoms with Crippen molar-refractivity contribution in [3.63, 3.8) is 0 Å². The van der Waals surface area contributed by atoms with Gasteiger partial charge in [0.05, 0.1) is 18.8 Å². The topological polar surface area (TPSA) is 42.0 Å². The predicted octanol–water partition coefficient (Wildman–Crippen LogP) is 4.79. The van der Waals surface area contributed by atoms with Crippen LogP contribution in [0, 0.1) is 0 Å². The average molecular weight is 447 g/mol. The van der Waals surface area contributed by atoms with Crippen molar-refractivity contribution in [1.29, 1.82) is 0 Å². The molecule has 0 aliphatic carbocycles. The number of aryl methyl sites for hydroxylation is 1. The normalized spacial score (nSPS) is 14.3. The molecule has 3 aromatic rings. The monoisotopic (exact) mass is 446 g/mol. The van der Waals surface area contributed by atoms with E-state index >= 15 is 0 Å². The Bertz CT molecular complexity index is 1020. The minimum Gasteiger partial charge on any atom is -0.461 e. The smallest absolute Gasteiger partial charge is 0.338 e. The Morgan fingerprint density at radius 2 is 1.76 bits per heavy atom. The molecular formula is C28H34N2O3. The summed E-state index contributed by atoms with van der Waals surface area (Å²) in [7, 11) is 0. The van der Waals surface area contributed by atoms with E-state index in [9.17, 15) is 4.79 Å². The van der Waals surface area contributed by atoms with Gasteiger partial charge in [0.2, 0.25) is 0 Å². The van der Waals surface area contributed by atoms with E-state index < -0.39 is 0 Å². The van der Waals surface area contributed by atoms with Gasteiger partial charge in [0.15, 0.2) is 0 Å². The van der Waals surface area contributed by atoms with Gasteiger partial charge in [-0.15, -0.1) is 0 Å². The highest BCUT2D eigenvalue weighted by Gasteiger charge is 2.12. The summed E-state index contributed by atoms with van der Waals surface area (Å²) >= 11 is 0. The minimum atomic E-state index is -0.247. The largest absolute Gasteiger partial charge is 0.461 e. The first-order chi connectivity index (χ1) is 16.2. The molecule has 0 aromatic heterocycles. The SMILES string of the molecule is CCN(CCCc1ccc(C(=O)OCCN2CCOCC2)cc1)c1cccc2ccccc12. The van der Waals surface area contributed by atoms with E-state index in [0.29, 0.717) is 12.2 Å². The molecule has 1 aliphatic heterocycles. The van der Waals surface area contributed by atoms with Crippen LogP contribution in [0.3, 0.4) is 0 Å². The second-order valence-electron chi connectivity index (χ2n) is 8.47. The lowest BCUT2D eigenvalue weighted by molar-refractivity contribution is 0.0195. The summed E-state index contributed by atoms with van der Waals surface area (Å²) < 4.78 is 10.8. The van der Waals surface area contributed by atoms with Gasteiger partial charge in [0.25, 0.3) is 0 Å². The van der Waals surface area contributed by atoms with E-state index in [0.717, 1.165) is 58.8 Å². The van der Waals surface area contributed by atoms with E-state index in [4.69, 9.17) is 9.47 Å². The van der Waals surface area contributed by atoms with E-state index in [1.165, 1.54) is 22.0 Å². The number of benzene rings is 3. The van der Waals surface area contributed by atoms with Gasteiger partial charge in [0, 0.05) is 43.8 Å². The second-order valence-corrected chi connectivity index (χ2v) is 8.47. The average Bonchev–Trinajstić information content (AvgIpc) is 2.87. The number of rotatable bonds is 10. The van der Waals surface area contributed by atoms with Crippen molar-refractivity contribution in [2.45, 2.75) is 19.8 Å². The molecule has 33 heavy (non-hydrogen) atoms. The molecule has 0 spiro atoms. The molecule has 1 fully saturated rings. The van der Waals surface area contributed by atoms with Crippen LogP contribution in [-0.4, -0.2) is 63.4 Å². The fourth-order valence-corrected chi connectivity index (χ4v) is 4.39. The van der Waals surface area contributed by atoms with Gasteiger partial charge in [-0.05, 0) is 48.9 Å². The first-order valence-electron chi connectivity index (χ1n) is 12.0. The van der Waals surface area contributed by atoms with E-state index in [1.54, 1.807) is 0 Å². The molecule has 0 radical (unpaired) electrons. The standard InChI is InChI=1S/C28H34N2O3/c1-2-30(27-11-5-9-24-8-3-4-10-26(24)27)16-6-7-23-12-14-25(15-13-23)28(31)33-22-19-29-17-20-32-21-18-29/h3-5,8-15H,2,6-7,16-22H2,1H3. The van der Waals surface area contributed by atoms with Crippen LogP contribution in [0.1, 0.15) is 29.3 Å². The number of carbonyl (C=O) groups excluding carboxylic acids is 1. The van der Waals surface area contributed by atoms with Crippen LogP contribution in [0.15, 0.2) is 66.7 Å². The summed E-state index contributed by atoms with van der Waals surface area (Å²) in [5.74, 6) is -0.247. The number of carbonyl (C=O) groups is 1. The molecule has 1 saturated heterocycles. The van der Waals surface area contributed by atoms with E-state index in [2.05, 4.69) is 59.2 Å². The number of anilines is 1. The van der Waals surface area contributed by atoms with Crippen molar-refractivity contribution in [1.82, 2.24) is 4.90 Å². The summed E-state index contributed by atoms with van der Waals surface area (Å²) in [4.78, 5) is 17.0. The molecule has 3 aromatic carbocycles. The summed E-state index contributed by atoms with van der Waals surface area (Å²) in [6.45, 7) is 8.69. The number of fused-ring (bicyclic) bond motifs is 1. The molecule has 174 valence electrons. The first kappa shape index (κ1) is 23.3. The van der Waals surface area contributed by atoms with Gasteiger partial charge in [-0.2, -0.15) is 0 Å². The molecule has 0 N–H and O–H groups in total. The summed E-state index contributed by atoms with van der Waals surface area (Å²) in [5.41, 5.74) is 3.16. The van der Waals surface area contributed by atoms with Crippen LogP contribution in [0.4, 0.5) is 5.69 Å². The molecular weight excluding hydrogens is 412 g/mol. The van der Waals surface area contributed by atoms with Gasteiger partial charge in [-0.25, -0.2) is 4.79 Å². The molecule has 0 bridgehead atoms. The van der Waals surface area contributed by atoms with Gasteiger partial charge >= 0.3 is 5.97 Å². The molecule has 0 unspecified atom stereocenters. The fraction of sp³-hybridized carbons (Fsp3) is 0.393. The molecule has 1 heterocycles. The second kappa shape index (κ2) is 11.8. The van der Waals surface area contributed by atoms with Gasteiger partial charge in [0.1, 0.15) is 6.61 Å². The Morgan fingerprint density at radius 1 is 1.00 bits per heavy atom. The zero-order valence-corrected chi connectivity index (χ0v) is 19.5. The highest BCUT2D eigenvalue weighted by atomic mass is 16.5. The van der Waals surface area contributed by atoms with Crippen molar-refractivity contribution >= 4 is 22.4 Å².